The van der Waals surface area contributed by atoms with Crippen LogP contribution in [0.5, 0.6) is 0 Å². The van der Waals surface area contributed by atoms with E-state index in [9.17, 15) is 9.59 Å². The third-order valence-electron chi connectivity index (χ3n) is 2.74. The van der Waals surface area contributed by atoms with E-state index < -0.39 is 5.97 Å². The second-order valence-corrected chi connectivity index (χ2v) is 4.13. The minimum absolute atomic E-state index is 0.0238. The van der Waals surface area contributed by atoms with Gasteiger partial charge in [-0.1, -0.05) is 6.42 Å². The molecule has 5 nitrogen and oxygen atoms in total. The molecule has 1 heterocycles. The SMILES string of the molecule is O=C(O)CCCCCNC(=O)N1CCCC1. The van der Waals surface area contributed by atoms with Gasteiger partial charge in [-0.2, -0.15) is 0 Å². The van der Waals surface area contributed by atoms with Gasteiger partial charge in [-0.3, -0.25) is 4.79 Å². The van der Waals surface area contributed by atoms with E-state index in [4.69, 9.17) is 5.11 Å². The second-order valence-electron chi connectivity index (χ2n) is 4.13. The first-order valence-electron chi connectivity index (χ1n) is 5.95. The minimum Gasteiger partial charge on any atom is -0.481 e. The molecule has 0 atom stereocenters. The van der Waals surface area contributed by atoms with Crippen molar-refractivity contribution in [2.75, 3.05) is 19.6 Å². The van der Waals surface area contributed by atoms with Gasteiger partial charge in [0.05, 0.1) is 0 Å². The van der Waals surface area contributed by atoms with Crippen LogP contribution in [0.15, 0.2) is 0 Å². The van der Waals surface area contributed by atoms with Gasteiger partial charge in [0.15, 0.2) is 0 Å². The number of urea groups is 1. The van der Waals surface area contributed by atoms with E-state index >= 15 is 0 Å². The van der Waals surface area contributed by atoms with Crippen LogP contribution >= 0.6 is 0 Å². The largest absolute Gasteiger partial charge is 0.481 e. The molecule has 0 aromatic heterocycles. The number of carboxylic acids is 1. The predicted molar refractivity (Wildman–Crippen MR) is 60.3 cm³/mol. The average molecular weight is 228 g/mol. The van der Waals surface area contributed by atoms with Gasteiger partial charge in [0, 0.05) is 26.1 Å². The molecule has 92 valence electrons. The zero-order valence-electron chi connectivity index (χ0n) is 9.57. The fourth-order valence-corrected chi connectivity index (χ4v) is 1.81. The molecule has 1 rings (SSSR count). The number of carboxylic acid groups (broad SMARTS) is 1. The molecule has 0 saturated carbocycles. The summed E-state index contributed by atoms with van der Waals surface area (Å²) in [6, 6.07) is 0.0238. The Morgan fingerprint density at radius 3 is 2.44 bits per heavy atom. The Balaban J connectivity index is 1.94. The van der Waals surface area contributed by atoms with E-state index in [1.165, 1.54) is 0 Å². The van der Waals surface area contributed by atoms with Crippen LogP contribution in [0, 0.1) is 0 Å². The Morgan fingerprint density at radius 1 is 1.12 bits per heavy atom. The molecule has 1 aliphatic rings. The van der Waals surface area contributed by atoms with E-state index in [1.807, 2.05) is 4.90 Å². The quantitative estimate of drug-likeness (QED) is 0.676. The zero-order chi connectivity index (χ0) is 11.8. The molecule has 1 saturated heterocycles. The molecule has 1 aliphatic heterocycles. The van der Waals surface area contributed by atoms with Crippen molar-refractivity contribution in [3.05, 3.63) is 0 Å². The highest BCUT2D eigenvalue weighted by Gasteiger charge is 2.16. The number of hydrogen-bond acceptors (Lipinski definition) is 2. The number of carbonyl (C=O) groups excluding carboxylic acids is 1. The molecule has 0 aliphatic carbocycles. The van der Waals surface area contributed by atoms with E-state index in [1.54, 1.807) is 0 Å². The topological polar surface area (TPSA) is 69.6 Å². The second kappa shape index (κ2) is 7.09. The zero-order valence-corrected chi connectivity index (χ0v) is 9.57. The summed E-state index contributed by atoms with van der Waals surface area (Å²) >= 11 is 0. The molecule has 0 aromatic rings. The van der Waals surface area contributed by atoms with Gasteiger partial charge in [0.25, 0.3) is 0 Å². The highest BCUT2D eigenvalue weighted by atomic mass is 16.4. The first-order valence-corrected chi connectivity index (χ1v) is 5.95. The highest BCUT2D eigenvalue weighted by Crippen LogP contribution is 2.07. The molecule has 0 bridgehead atoms. The highest BCUT2D eigenvalue weighted by molar-refractivity contribution is 5.74. The van der Waals surface area contributed by atoms with Gasteiger partial charge >= 0.3 is 12.0 Å². The molecule has 0 aromatic carbocycles. The molecule has 2 amide bonds. The number of nitrogens with zero attached hydrogens (tertiary/aromatic N) is 1. The van der Waals surface area contributed by atoms with Crippen LogP contribution in [0.25, 0.3) is 0 Å². The van der Waals surface area contributed by atoms with Crippen molar-refractivity contribution < 1.29 is 14.7 Å². The Bertz CT molecular complexity index is 237. The molecular formula is C11H20N2O3. The number of hydrogen-bond donors (Lipinski definition) is 2. The maximum Gasteiger partial charge on any atom is 0.317 e. The van der Waals surface area contributed by atoms with Crippen LogP contribution in [0.3, 0.4) is 0 Å². The third kappa shape index (κ3) is 5.00. The molecule has 16 heavy (non-hydrogen) atoms. The van der Waals surface area contributed by atoms with Crippen LogP contribution < -0.4 is 5.32 Å². The van der Waals surface area contributed by atoms with Gasteiger partial charge in [-0.05, 0) is 25.7 Å². The lowest BCUT2D eigenvalue weighted by Gasteiger charge is -2.15. The van der Waals surface area contributed by atoms with Crippen LogP contribution in [-0.2, 0) is 4.79 Å². The number of amides is 2. The molecule has 0 unspecified atom stereocenters. The molecule has 1 fully saturated rings. The van der Waals surface area contributed by atoms with Crippen molar-refractivity contribution in [3.63, 3.8) is 0 Å². The van der Waals surface area contributed by atoms with Crippen molar-refractivity contribution in [1.29, 1.82) is 0 Å². The number of unbranched alkanes of at least 4 members (excludes halogenated alkanes) is 2. The van der Waals surface area contributed by atoms with Gasteiger partial charge in [-0.25, -0.2) is 4.79 Å². The number of rotatable bonds is 6. The first kappa shape index (κ1) is 12.8. The Hall–Kier alpha value is -1.26. The summed E-state index contributed by atoms with van der Waals surface area (Å²) in [7, 11) is 0. The first-order chi connectivity index (χ1) is 7.70. The van der Waals surface area contributed by atoms with Crippen molar-refractivity contribution in [3.8, 4) is 0 Å². The van der Waals surface area contributed by atoms with Crippen LogP contribution in [-0.4, -0.2) is 41.6 Å². The summed E-state index contributed by atoms with van der Waals surface area (Å²) in [6.07, 6.45) is 4.83. The van der Waals surface area contributed by atoms with Gasteiger partial charge < -0.3 is 15.3 Å². The fraction of sp³-hybridized carbons (Fsp3) is 0.818. The normalized spacial score (nSPS) is 15.1. The maximum absolute atomic E-state index is 11.5. The number of nitrogens with one attached hydrogen (secondary N) is 1. The number of aliphatic carboxylic acids is 1. The Labute approximate surface area is 95.8 Å². The third-order valence-corrected chi connectivity index (χ3v) is 2.74. The van der Waals surface area contributed by atoms with Crippen molar-refractivity contribution >= 4 is 12.0 Å². The van der Waals surface area contributed by atoms with Gasteiger partial charge in [-0.15, -0.1) is 0 Å². The minimum atomic E-state index is -0.749. The van der Waals surface area contributed by atoms with Gasteiger partial charge in [0.2, 0.25) is 0 Å². The molecule has 2 N–H and O–H groups in total. The molecule has 0 radical (unpaired) electrons. The summed E-state index contributed by atoms with van der Waals surface area (Å²) in [6.45, 7) is 2.38. The van der Waals surface area contributed by atoms with Crippen LogP contribution in [0.1, 0.15) is 38.5 Å². The lowest BCUT2D eigenvalue weighted by atomic mass is 10.2. The number of likely N-dealkylation sites (tertiary alicyclic amines) is 1. The van der Waals surface area contributed by atoms with Crippen molar-refractivity contribution in [1.82, 2.24) is 10.2 Å². The van der Waals surface area contributed by atoms with E-state index in [-0.39, 0.29) is 12.5 Å². The summed E-state index contributed by atoms with van der Waals surface area (Å²) in [5, 5.41) is 11.3. The average Bonchev–Trinajstić information content (AvgIpc) is 2.75. The van der Waals surface area contributed by atoms with E-state index in [0.717, 1.165) is 38.8 Å². The van der Waals surface area contributed by atoms with Crippen molar-refractivity contribution in [2.45, 2.75) is 38.5 Å². The Morgan fingerprint density at radius 2 is 1.81 bits per heavy atom. The number of carbonyl (C=O) groups is 2. The summed E-state index contributed by atoms with van der Waals surface area (Å²) in [5.74, 6) is -0.749. The molecule has 5 heteroatoms. The summed E-state index contributed by atoms with van der Waals surface area (Å²) in [5.41, 5.74) is 0. The summed E-state index contributed by atoms with van der Waals surface area (Å²) in [4.78, 5) is 23.6. The fourth-order valence-electron chi connectivity index (χ4n) is 1.81. The van der Waals surface area contributed by atoms with Gasteiger partial charge in [0.1, 0.15) is 0 Å². The predicted octanol–water partition coefficient (Wildman–Crippen LogP) is 1.44. The Kier molecular flexibility index (Phi) is 5.67. The monoisotopic (exact) mass is 228 g/mol. The smallest absolute Gasteiger partial charge is 0.317 e. The van der Waals surface area contributed by atoms with Crippen molar-refractivity contribution in [2.24, 2.45) is 0 Å². The lowest BCUT2D eigenvalue weighted by Crippen LogP contribution is -2.38. The lowest BCUT2D eigenvalue weighted by molar-refractivity contribution is -0.137. The maximum atomic E-state index is 11.5. The van der Waals surface area contributed by atoms with Crippen LogP contribution in [0.4, 0.5) is 4.79 Å². The molecule has 0 spiro atoms. The van der Waals surface area contributed by atoms with E-state index in [2.05, 4.69) is 5.32 Å². The summed E-state index contributed by atoms with van der Waals surface area (Å²) < 4.78 is 0. The van der Waals surface area contributed by atoms with Crippen LogP contribution in [0.2, 0.25) is 0 Å². The van der Waals surface area contributed by atoms with E-state index in [0.29, 0.717) is 13.0 Å². The molecular weight excluding hydrogens is 208 g/mol. The standard InChI is InChI=1S/C11H20N2O3/c14-10(15)6-2-1-3-7-12-11(16)13-8-4-5-9-13/h1-9H2,(H,12,16)(H,14,15).